The maximum Gasteiger partial charge on any atom is 0.203 e. The zero-order chi connectivity index (χ0) is 9.30. The highest BCUT2D eigenvalue weighted by Crippen LogP contribution is 2.25. The van der Waals surface area contributed by atoms with Gasteiger partial charge in [0.05, 0.1) is 0 Å². The number of hydrogen-bond donors (Lipinski definition) is 2. The summed E-state index contributed by atoms with van der Waals surface area (Å²) in [6, 6.07) is 0.660. The van der Waals surface area contributed by atoms with Crippen LogP contribution in [0.3, 0.4) is 0 Å². The Bertz CT molecular complexity index is 314. The molecular formula is C7H6F3NO. The standard InChI is InChI=1S/C7H6F3NO/c8-4-1-3(2-11)7(12)6(10)5(4)9/h1,12H,2,11H2. The summed E-state index contributed by atoms with van der Waals surface area (Å²) in [5, 5.41) is 8.84. The first-order valence-corrected chi connectivity index (χ1v) is 3.13. The number of nitrogens with two attached hydrogens (primary N) is 1. The van der Waals surface area contributed by atoms with Gasteiger partial charge < -0.3 is 10.8 Å². The SMILES string of the molecule is NCc1cc(F)c(F)c(F)c1O. The molecule has 0 aliphatic rings. The van der Waals surface area contributed by atoms with E-state index in [1.54, 1.807) is 0 Å². The maximum atomic E-state index is 12.5. The van der Waals surface area contributed by atoms with Crippen LogP contribution in [0.15, 0.2) is 6.07 Å². The van der Waals surface area contributed by atoms with Gasteiger partial charge in [-0.25, -0.2) is 8.78 Å². The van der Waals surface area contributed by atoms with Crippen LogP contribution in [-0.4, -0.2) is 5.11 Å². The Labute approximate surface area is 66.4 Å². The first-order valence-electron chi connectivity index (χ1n) is 3.13. The van der Waals surface area contributed by atoms with E-state index in [2.05, 4.69) is 0 Å². The van der Waals surface area contributed by atoms with Gasteiger partial charge in [-0.1, -0.05) is 0 Å². The minimum Gasteiger partial charge on any atom is -0.505 e. The smallest absolute Gasteiger partial charge is 0.203 e. The zero-order valence-corrected chi connectivity index (χ0v) is 5.94. The van der Waals surface area contributed by atoms with E-state index >= 15 is 0 Å². The molecule has 0 bridgehead atoms. The molecule has 66 valence electrons. The van der Waals surface area contributed by atoms with Crippen LogP contribution in [0, 0.1) is 17.5 Å². The molecule has 0 saturated heterocycles. The summed E-state index contributed by atoms with van der Waals surface area (Å²) in [7, 11) is 0. The lowest BCUT2D eigenvalue weighted by Crippen LogP contribution is -2.01. The first-order chi connectivity index (χ1) is 5.57. The molecule has 0 aliphatic heterocycles. The van der Waals surface area contributed by atoms with Crippen LogP contribution in [0.25, 0.3) is 0 Å². The molecule has 0 radical (unpaired) electrons. The average molecular weight is 177 g/mol. The monoisotopic (exact) mass is 177 g/mol. The van der Waals surface area contributed by atoms with Crippen LogP contribution in [0.4, 0.5) is 13.2 Å². The molecule has 1 aromatic carbocycles. The third-order valence-electron chi connectivity index (χ3n) is 1.44. The van der Waals surface area contributed by atoms with Crippen molar-refractivity contribution in [2.45, 2.75) is 6.54 Å². The second-order valence-corrected chi connectivity index (χ2v) is 2.20. The second-order valence-electron chi connectivity index (χ2n) is 2.20. The van der Waals surface area contributed by atoms with Crippen LogP contribution < -0.4 is 5.73 Å². The van der Waals surface area contributed by atoms with Crippen LogP contribution in [0.1, 0.15) is 5.56 Å². The van der Waals surface area contributed by atoms with Crippen molar-refractivity contribution in [3.05, 3.63) is 29.1 Å². The molecule has 2 nitrogen and oxygen atoms in total. The maximum absolute atomic E-state index is 12.5. The fourth-order valence-electron chi connectivity index (χ4n) is 0.790. The quantitative estimate of drug-likeness (QED) is 0.634. The van der Waals surface area contributed by atoms with Crippen LogP contribution >= 0.6 is 0 Å². The molecular weight excluding hydrogens is 171 g/mol. The van der Waals surface area contributed by atoms with E-state index in [1.807, 2.05) is 0 Å². The third kappa shape index (κ3) is 1.23. The molecule has 5 heteroatoms. The first kappa shape index (κ1) is 8.86. The lowest BCUT2D eigenvalue weighted by atomic mass is 10.2. The van der Waals surface area contributed by atoms with Gasteiger partial charge in [0.15, 0.2) is 17.4 Å². The van der Waals surface area contributed by atoms with Gasteiger partial charge in [0.25, 0.3) is 0 Å². The molecule has 1 aromatic rings. The van der Waals surface area contributed by atoms with Gasteiger partial charge in [0.2, 0.25) is 5.82 Å². The van der Waals surface area contributed by atoms with Gasteiger partial charge in [0, 0.05) is 12.1 Å². The largest absolute Gasteiger partial charge is 0.505 e. The highest BCUT2D eigenvalue weighted by atomic mass is 19.2. The Hall–Kier alpha value is -1.23. The molecule has 0 aromatic heterocycles. The summed E-state index contributed by atoms with van der Waals surface area (Å²) in [6.07, 6.45) is 0. The molecule has 1 rings (SSSR count). The molecule has 3 N–H and O–H groups in total. The highest BCUT2D eigenvalue weighted by molar-refractivity contribution is 5.34. The van der Waals surface area contributed by atoms with Gasteiger partial charge in [-0.2, -0.15) is 4.39 Å². The molecule has 0 fully saturated rings. The summed E-state index contributed by atoms with van der Waals surface area (Å²) in [5.74, 6) is -5.58. The Morgan fingerprint density at radius 1 is 1.25 bits per heavy atom. The molecule has 0 spiro atoms. The number of rotatable bonds is 1. The van der Waals surface area contributed by atoms with Gasteiger partial charge in [0.1, 0.15) is 0 Å². The highest BCUT2D eigenvalue weighted by Gasteiger charge is 2.16. The summed E-state index contributed by atoms with van der Waals surface area (Å²) in [6.45, 7) is -0.250. The Morgan fingerprint density at radius 2 is 1.83 bits per heavy atom. The van der Waals surface area contributed by atoms with E-state index in [1.165, 1.54) is 0 Å². The molecule has 0 aliphatic carbocycles. The van der Waals surface area contributed by atoms with Gasteiger partial charge in [-0.15, -0.1) is 0 Å². The minimum absolute atomic E-state index is 0.161. The van der Waals surface area contributed by atoms with Crippen LogP contribution in [-0.2, 0) is 6.54 Å². The molecule has 0 saturated carbocycles. The van der Waals surface area contributed by atoms with Crippen molar-refractivity contribution < 1.29 is 18.3 Å². The van der Waals surface area contributed by atoms with Crippen LogP contribution in [0.5, 0.6) is 5.75 Å². The summed E-state index contributed by atoms with van der Waals surface area (Å²) < 4.78 is 37.3. The summed E-state index contributed by atoms with van der Waals surface area (Å²) in [4.78, 5) is 0. The molecule has 0 atom stereocenters. The predicted octanol–water partition coefficient (Wildman–Crippen LogP) is 1.27. The van der Waals surface area contributed by atoms with E-state index in [4.69, 9.17) is 10.8 Å². The fraction of sp³-hybridized carbons (Fsp3) is 0.143. The molecule has 12 heavy (non-hydrogen) atoms. The summed E-state index contributed by atoms with van der Waals surface area (Å²) >= 11 is 0. The van der Waals surface area contributed by atoms with Gasteiger partial charge in [-0.05, 0) is 6.07 Å². The molecule has 0 unspecified atom stereocenters. The second kappa shape index (κ2) is 3.02. The number of phenols is 1. The van der Waals surface area contributed by atoms with Crippen molar-refractivity contribution in [3.8, 4) is 5.75 Å². The number of phenolic OH excluding ortho intramolecular Hbond substituents is 1. The van der Waals surface area contributed by atoms with Crippen molar-refractivity contribution in [1.82, 2.24) is 0 Å². The van der Waals surface area contributed by atoms with Crippen molar-refractivity contribution in [2.24, 2.45) is 5.73 Å². The van der Waals surface area contributed by atoms with Crippen molar-refractivity contribution in [1.29, 1.82) is 0 Å². The van der Waals surface area contributed by atoms with E-state index in [0.29, 0.717) is 6.07 Å². The van der Waals surface area contributed by atoms with Crippen molar-refractivity contribution in [3.63, 3.8) is 0 Å². The lowest BCUT2D eigenvalue weighted by Gasteiger charge is -2.03. The van der Waals surface area contributed by atoms with E-state index in [-0.39, 0.29) is 12.1 Å². The predicted molar refractivity (Wildman–Crippen MR) is 35.9 cm³/mol. The third-order valence-corrected chi connectivity index (χ3v) is 1.44. The van der Waals surface area contributed by atoms with E-state index in [0.717, 1.165) is 0 Å². The number of aromatic hydroxyl groups is 1. The van der Waals surface area contributed by atoms with E-state index in [9.17, 15) is 13.2 Å². The Kier molecular flexibility index (Phi) is 2.23. The molecule has 0 heterocycles. The topological polar surface area (TPSA) is 46.2 Å². The Morgan fingerprint density at radius 3 is 2.33 bits per heavy atom. The number of benzene rings is 1. The lowest BCUT2D eigenvalue weighted by molar-refractivity contribution is 0.381. The molecule has 0 amide bonds. The van der Waals surface area contributed by atoms with Crippen LogP contribution in [0.2, 0.25) is 0 Å². The fourth-order valence-corrected chi connectivity index (χ4v) is 0.790. The average Bonchev–Trinajstić information content (AvgIpc) is 2.08. The van der Waals surface area contributed by atoms with Gasteiger partial charge >= 0.3 is 0 Å². The van der Waals surface area contributed by atoms with E-state index < -0.39 is 23.2 Å². The zero-order valence-electron chi connectivity index (χ0n) is 5.94. The number of hydrogen-bond acceptors (Lipinski definition) is 2. The number of halogens is 3. The Balaban J connectivity index is 3.39. The van der Waals surface area contributed by atoms with Crippen molar-refractivity contribution >= 4 is 0 Å². The minimum atomic E-state index is -1.69. The summed E-state index contributed by atoms with van der Waals surface area (Å²) in [5.41, 5.74) is 4.86. The van der Waals surface area contributed by atoms with Crippen molar-refractivity contribution in [2.75, 3.05) is 0 Å². The normalized spacial score (nSPS) is 10.3. The van der Waals surface area contributed by atoms with Gasteiger partial charge in [-0.3, -0.25) is 0 Å².